The lowest BCUT2D eigenvalue weighted by Gasteiger charge is -2.23. The molecule has 2 amide bonds. The SMILES string of the molecule is CC(C)(C)c1cc(Br)ccc1OCC(=O)Nc1sc2c(c1C(N)=O)CCCC2. The largest absolute Gasteiger partial charge is 0.483 e. The van der Waals surface area contributed by atoms with Crippen molar-refractivity contribution in [1.82, 2.24) is 0 Å². The second-order valence-electron chi connectivity index (χ2n) is 8.01. The van der Waals surface area contributed by atoms with Crippen LogP contribution in [0.25, 0.3) is 0 Å². The third-order valence-corrected chi connectivity index (χ3v) is 6.48. The standard InChI is InChI=1S/C21H25BrN2O3S/c1-21(2,3)14-10-12(22)8-9-15(14)27-11-17(25)24-20-18(19(23)26)13-6-4-5-7-16(13)28-20/h8-10H,4-7,11H2,1-3H3,(H2,23,26)(H,24,25). The van der Waals surface area contributed by atoms with E-state index >= 15 is 0 Å². The van der Waals surface area contributed by atoms with Gasteiger partial charge < -0.3 is 15.8 Å². The zero-order valence-corrected chi connectivity index (χ0v) is 18.8. The molecule has 1 aromatic heterocycles. The summed E-state index contributed by atoms with van der Waals surface area (Å²) in [4.78, 5) is 25.6. The maximum absolute atomic E-state index is 12.5. The smallest absolute Gasteiger partial charge is 0.262 e. The van der Waals surface area contributed by atoms with Gasteiger partial charge in [0, 0.05) is 14.9 Å². The molecule has 0 saturated carbocycles. The molecule has 0 spiro atoms. The first-order valence-corrected chi connectivity index (χ1v) is 10.9. The number of carbonyl (C=O) groups is 2. The molecule has 1 heterocycles. The van der Waals surface area contributed by atoms with E-state index in [2.05, 4.69) is 42.0 Å². The van der Waals surface area contributed by atoms with Crippen molar-refractivity contribution in [2.24, 2.45) is 5.73 Å². The van der Waals surface area contributed by atoms with Gasteiger partial charge in [0.2, 0.25) is 0 Å². The molecule has 7 heteroatoms. The van der Waals surface area contributed by atoms with Crippen molar-refractivity contribution < 1.29 is 14.3 Å². The molecular formula is C21H25BrN2O3S. The number of thiophene rings is 1. The minimum atomic E-state index is -0.487. The Morgan fingerprint density at radius 3 is 2.64 bits per heavy atom. The number of ether oxygens (including phenoxy) is 1. The van der Waals surface area contributed by atoms with E-state index in [-0.39, 0.29) is 17.9 Å². The lowest BCUT2D eigenvalue weighted by atomic mass is 9.86. The van der Waals surface area contributed by atoms with E-state index in [4.69, 9.17) is 10.5 Å². The van der Waals surface area contributed by atoms with Gasteiger partial charge in [-0.1, -0.05) is 36.7 Å². The van der Waals surface area contributed by atoms with Crippen LogP contribution < -0.4 is 15.8 Å². The molecule has 1 aliphatic carbocycles. The number of fused-ring (bicyclic) bond motifs is 1. The van der Waals surface area contributed by atoms with Crippen LogP contribution >= 0.6 is 27.3 Å². The van der Waals surface area contributed by atoms with E-state index in [9.17, 15) is 9.59 Å². The molecule has 0 aliphatic heterocycles. The normalized spacial score (nSPS) is 13.7. The summed E-state index contributed by atoms with van der Waals surface area (Å²) < 4.78 is 6.77. The van der Waals surface area contributed by atoms with Gasteiger partial charge in [-0.15, -0.1) is 11.3 Å². The van der Waals surface area contributed by atoms with Crippen molar-refractivity contribution in [2.45, 2.75) is 51.9 Å². The van der Waals surface area contributed by atoms with Gasteiger partial charge >= 0.3 is 0 Å². The number of rotatable bonds is 5. The first-order chi connectivity index (χ1) is 13.2. The van der Waals surface area contributed by atoms with Gasteiger partial charge in [0.15, 0.2) is 6.61 Å². The number of nitrogens with two attached hydrogens (primary N) is 1. The molecule has 1 aliphatic rings. The number of amides is 2. The number of hydrogen-bond donors (Lipinski definition) is 2. The molecule has 0 unspecified atom stereocenters. The summed E-state index contributed by atoms with van der Waals surface area (Å²) in [5.74, 6) is -0.117. The summed E-state index contributed by atoms with van der Waals surface area (Å²) in [6.45, 7) is 6.15. The Morgan fingerprint density at radius 2 is 1.96 bits per heavy atom. The minimum absolute atomic E-state index is 0.123. The topological polar surface area (TPSA) is 81.4 Å². The summed E-state index contributed by atoms with van der Waals surface area (Å²) in [7, 11) is 0. The number of nitrogens with one attached hydrogen (secondary N) is 1. The number of halogens is 1. The Balaban J connectivity index is 1.74. The van der Waals surface area contributed by atoms with Crippen LogP contribution in [0.2, 0.25) is 0 Å². The van der Waals surface area contributed by atoms with Gasteiger partial charge in [0.1, 0.15) is 10.8 Å². The molecule has 1 aromatic carbocycles. The lowest BCUT2D eigenvalue weighted by Crippen LogP contribution is -2.23. The highest BCUT2D eigenvalue weighted by molar-refractivity contribution is 9.10. The maximum Gasteiger partial charge on any atom is 0.262 e. The molecule has 3 rings (SSSR count). The van der Waals surface area contributed by atoms with Crippen LogP contribution in [0.15, 0.2) is 22.7 Å². The van der Waals surface area contributed by atoms with Crippen LogP contribution in [-0.4, -0.2) is 18.4 Å². The molecule has 0 fully saturated rings. The average Bonchev–Trinajstić information content (AvgIpc) is 2.97. The first kappa shape index (κ1) is 20.9. The predicted octanol–water partition coefficient (Wildman–Crippen LogP) is 4.80. The van der Waals surface area contributed by atoms with Crippen molar-refractivity contribution in [3.8, 4) is 5.75 Å². The van der Waals surface area contributed by atoms with Crippen molar-refractivity contribution in [1.29, 1.82) is 0 Å². The number of primary amides is 1. The maximum atomic E-state index is 12.5. The van der Waals surface area contributed by atoms with E-state index < -0.39 is 5.91 Å². The molecule has 28 heavy (non-hydrogen) atoms. The monoisotopic (exact) mass is 464 g/mol. The van der Waals surface area contributed by atoms with Crippen molar-refractivity contribution in [3.05, 3.63) is 44.2 Å². The highest BCUT2D eigenvalue weighted by Gasteiger charge is 2.25. The van der Waals surface area contributed by atoms with Crippen LogP contribution in [0.5, 0.6) is 5.75 Å². The Morgan fingerprint density at radius 1 is 1.25 bits per heavy atom. The van der Waals surface area contributed by atoms with E-state index in [1.165, 1.54) is 11.3 Å². The summed E-state index contributed by atoms with van der Waals surface area (Å²) in [5, 5.41) is 3.37. The number of benzene rings is 1. The molecule has 150 valence electrons. The fourth-order valence-corrected chi connectivity index (χ4v) is 5.11. The average molecular weight is 465 g/mol. The molecule has 0 saturated heterocycles. The van der Waals surface area contributed by atoms with Crippen molar-refractivity contribution >= 4 is 44.1 Å². The van der Waals surface area contributed by atoms with Crippen LogP contribution in [0.3, 0.4) is 0 Å². The van der Waals surface area contributed by atoms with Crippen LogP contribution in [-0.2, 0) is 23.1 Å². The number of anilines is 1. The fourth-order valence-electron chi connectivity index (χ4n) is 3.43. The zero-order valence-electron chi connectivity index (χ0n) is 16.4. The van der Waals surface area contributed by atoms with Gasteiger partial charge in [-0.05, 0) is 54.9 Å². The van der Waals surface area contributed by atoms with Crippen LogP contribution in [0.4, 0.5) is 5.00 Å². The zero-order chi connectivity index (χ0) is 20.5. The Kier molecular flexibility index (Phi) is 6.15. The van der Waals surface area contributed by atoms with Gasteiger partial charge in [-0.2, -0.15) is 0 Å². The summed E-state index contributed by atoms with van der Waals surface area (Å²) in [6.07, 6.45) is 3.91. The van der Waals surface area contributed by atoms with E-state index in [1.54, 1.807) is 0 Å². The molecule has 3 N–H and O–H groups in total. The summed E-state index contributed by atoms with van der Waals surface area (Å²) in [5.41, 5.74) is 7.94. The molecular weight excluding hydrogens is 440 g/mol. The third-order valence-electron chi connectivity index (χ3n) is 4.78. The van der Waals surface area contributed by atoms with Gasteiger partial charge in [-0.3, -0.25) is 9.59 Å². The fraction of sp³-hybridized carbons (Fsp3) is 0.429. The molecule has 5 nitrogen and oxygen atoms in total. The van der Waals surface area contributed by atoms with Gasteiger partial charge in [0.25, 0.3) is 11.8 Å². The lowest BCUT2D eigenvalue weighted by molar-refractivity contribution is -0.118. The Bertz CT molecular complexity index is 915. The van der Waals surface area contributed by atoms with E-state index in [0.29, 0.717) is 16.3 Å². The first-order valence-electron chi connectivity index (χ1n) is 9.34. The Hall–Kier alpha value is -1.86. The highest BCUT2D eigenvalue weighted by Crippen LogP contribution is 2.38. The number of aryl methyl sites for hydroxylation is 1. The van der Waals surface area contributed by atoms with E-state index in [0.717, 1.165) is 46.2 Å². The molecule has 0 radical (unpaired) electrons. The van der Waals surface area contributed by atoms with Crippen molar-refractivity contribution in [3.63, 3.8) is 0 Å². The van der Waals surface area contributed by atoms with Crippen LogP contribution in [0, 0.1) is 0 Å². The molecule has 2 aromatic rings. The van der Waals surface area contributed by atoms with Crippen molar-refractivity contribution in [2.75, 3.05) is 11.9 Å². The highest BCUT2D eigenvalue weighted by atomic mass is 79.9. The predicted molar refractivity (Wildman–Crippen MR) is 116 cm³/mol. The second kappa shape index (κ2) is 8.25. The Labute approximate surface area is 177 Å². The number of hydrogen-bond acceptors (Lipinski definition) is 4. The summed E-state index contributed by atoms with van der Waals surface area (Å²) in [6, 6.07) is 5.75. The van der Waals surface area contributed by atoms with Gasteiger partial charge in [-0.25, -0.2) is 0 Å². The minimum Gasteiger partial charge on any atom is -0.483 e. The van der Waals surface area contributed by atoms with E-state index in [1.807, 2.05) is 18.2 Å². The summed E-state index contributed by atoms with van der Waals surface area (Å²) >= 11 is 4.94. The molecule has 0 bridgehead atoms. The second-order valence-corrected chi connectivity index (χ2v) is 10.0. The third kappa shape index (κ3) is 4.58. The quantitative estimate of drug-likeness (QED) is 0.666. The number of carbonyl (C=O) groups excluding carboxylic acids is 2. The van der Waals surface area contributed by atoms with Crippen LogP contribution in [0.1, 0.15) is 60.0 Å². The molecule has 0 atom stereocenters. The van der Waals surface area contributed by atoms with Gasteiger partial charge in [0.05, 0.1) is 5.56 Å².